The number of carbonyl (C=O) groups is 4. The van der Waals surface area contributed by atoms with Gasteiger partial charge in [0.05, 0.1) is 61.0 Å². The Balaban J connectivity index is 0.000000272. The van der Waals surface area contributed by atoms with Gasteiger partial charge >= 0.3 is 23.9 Å². The van der Waals surface area contributed by atoms with Crippen LogP contribution in [0.3, 0.4) is 0 Å². The van der Waals surface area contributed by atoms with Crippen molar-refractivity contribution >= 4 is 62.4 Å². The Morgan fingerprint density at radius 1 is 0.367 bits per heavy atom. The van der Waals surface area contributed by atoms with Gasteiger partial charge in [0.2, 0.25) is 17.7 Å². The number of carboxylic acid groups (broad SMARTS) is 1. The van der Waals surface area contributed by atoms with Crippen molar-refractivity contribution in [2.24, 2.45) is 0 Å². The van der Waals surface area contributed by atoms with Crippen molar-refractivity contribution in [3.05, 3.63) is 263 Å². The zero-order valence-corrected chi connectivity index (χ0v) is 77.0. The van der Waals surface area contributed by atoms with E-state index in [1.807, 2.05) is 233 Å². The molecule has 0 aliphatic rings. The van der Waals surface area contributed by atoms with Crippen LogP contribution >= 0.6 is 38.5 Å². The number of hydrogen-bond donors (Lipinski definition) is 4. The highest BCUT2D eigenvalue weighted by molar-refractivity contribution is 14.1. The van der Waals surface area contributed by atoms with Gasteiger partial charge < -0.3 is 71.6 Å². The lowest BCUT2D eigenvalue weighted by Gasteiger charge is -2.21. The molecule has 650 valence electrons. The average Bonchev–Trinajstić information content (AvgIpc) is 1.75. The van der Waals surface area contributed by atoms with Crippen LogP contribution in [0.4, 0.5) is 0 Å². The quantitative estimate of drug-likeness (QED) is 0.0100. The maximum atomic E-state index is 12.6. The lowest BCUT2D eigenvalue weighted by molar-refractivity contribution is 0.00508. The summed E-state index contributed by atoms with van der Waals surface area (Å²) >= 11 is 5.68. The third-order valence-electron chi connectivity index (χ3n) is 17.4. The van der Waals surface area contributed by atoms with Gasteiger partial charge in [0.25, 0.3) is 0 Å². The first-order valence-electron chi connectivity index (χ1n) is 40.1. The first kappa shape index (κ1) is 101. The third-order valence-corrected chi connectivity index (χ3v) is 18.7. The number of aliphatic hydroxyl groups excluding tert-OH is 3. The van der Waals surface area contributed by atoms with E-state index in [4.69, 9.17) is 66.5 Å². The summed E-state index contributed by atoms with van der Waals surface area (Å²) in [5.74, 6) is 2.56. The van der Waals surface area contributed by atoms with Crippen molar-refractivity contribution in [2.75, 3.05) is 52.9 Å². The van der Waals surface area contributed by atoms with Crippen LogP contribution in [0.1, 0.15) is 225 Å². The summed E-state index contributed by atoms with van der Waals surface area (Å²) in [7, 11) is 0. The highest BCUT2D eigenvalue weighted by atomic mass is 127. The SMILES string of the molecule is Cc1cccc(-c2nc(CI)c(C)o2)c1.Cc1cccc(-c2nc(COCCCOCc3cccc(C)c3C(=O)O)c(C)o2)c1.Cc1cccc(-c2nc(COCCCOCc3cccc(C)c3C(=O)OC(C)(C)C)c(C)o2)c1.Cc1cccc(CBr)c1C(=O)OC(C)(C)C.Cc1cccc(COCCCO)c1C(=O)OC(C)(C)C.OCCCO. The van der Waals surface area contributed by atoms with E-state index in [2.05, 4.69) is 78.6 Å². The Kier molecular flexibility index (Phi) is 43.7. The van der Waals surface area contributed by atoms with Gasteiger partial charge in [0.15, 0.2) is 0 Å². The van der Waals surface area contributed by atoms with E-state index in [-0.39, 0.29) is 44.3 Å². The van der Waals surface area contributed by atoms with Crippen LogP contribution < -0.4 is 0 Å². The largest absolute Gasteiger partial charge is 0.478 e. The first-order chi connectivity index (χ1) is 56.9. The topological polar surface area (TPSA) is 301 Å². The van der Waals surface area contributed by atoms with Crippen LogP contribution in [-0.2, 0) is 80.7 Å². The van der Waals surface area contributed by atoms with E-state index in [1.165, 1.54) is 5.56 Å². The van der Waals surface area contributed by atoms with Crippen molar-refractivity contribution in [3.63, 3.8) is 0 Å². The lowest BCUT2D eigenvalue weighted by Crippen LogP contribution is -2.25. The van der Waals surface area contributed by atoms with Crippen LogP contribution in [0, 0.1) is 69.2 Å². The molecule has 120 heavy (non-hydrogen) atoms. The Hall–Kier alpha value is -9.06. The summed E-state index contributed by atoms with van der Waals surface area (Å²) in [5, 5.41) is 34.5. The molecule has 3 aromatic heterocycles. The number of aromatic nitrogens is 3. The Morgan fingerprint density at radius 2 is 0.642 bits per heavy atom. The highest BCUT2D eigenvalue weighted by Crippen LogP contribution is 2.29. The molecule has 0 bridgehead atoms. The third kappa shape index (κ3) is 35.9. The molecular weight excluding hydrogens is 1710 g/mol. The predicted octanol–water partition coefficient (Wildman–Crippen LogP) is 21.4. The number of benzene rings is 7. The van der Waals surface area contributed by atoms with E-state index < -0.39 is 22.8 Å². The van der Waals surface area contributed by atoms with Gasteiger partial charge in [0.1, 0.15) is 45.5 Å². The molecule has 0 spiro atoms. The summed E-state index contributed by atoms with van der Waals surface area (Å²) < 4.78 is 62.9. The van der Waals surface area contributed by atoms with Crippen LogP contribution in [0.2, 0.25) is 0 Å². The molecule has 0 aliphatic heterocycles. The Morgan fingerprint density at radius 3 is 0.925 bits per heavy atom. The van der Waals surface area contributed by atoms with Gasteiger partial charge in [-0.05, 0) is 238 Å². The number of halogens is 2. The molecule has 0 fully saturated rings. The van der Waals surface area contributed by atoms with Gasteiger partial charge in [0, 0.05) is 79.3 Å². The number of esters is 3. The summed E-state index contributed by atoms with van der Waals surface area (Å²) in [4.78, 5) is 61.9. The number of oxazole rings is 3. The zero-order valence-electron chi connectivity index (χ0n) is 73.3. The number of hydrogen-bond acceptors (Lipinski definition) is 21. The van der Waals surface area contributed by atoms with Crippen molar-refractivity contribution in [1.82, 2.24) is 15.0 Å². The number of ether oxygens (including phenoxy) is 8. The summed E-state index contributed by atoms with van der Waals surface area (Å²) in [6, 6.07) is 46.9. The van der Waals surface area contributed by atoms with Crippen LogP contribution in [-0.4, -0.2) is 129 Å². The van der Waals surface area contributed by atoms with Gasteiger partial charge in [-0.1, -0.05) is 164 Å². The van der Waals surface area contributed by atoms with E-state index in [0.29, 0.717) is 124 Å². The van der Waals surface area contributed by atoms with E-state index in [9.17, 15) is 24.3 Å². The summed E-state index contributed by atoms with van der Waals surface area (Å²) in [5.41, 5.74) is 16.5. The number of carbonyl (C=O) groups excluding carboxylic acids is 3. The fourth-order valence-corrected chi connectivity index (χ4v) is 12.8. The maximum absolute atomic E-state index is 12.6. The molecule has 0 amide bonds. The maximum Gasteiger partial charge on any atom is 0.339 e. The number of alkyl halides is 2. The lowest BCUT2D eigenvalue weighted by atomic mass is 10.0. The zero-order chi connectivity index (χ0) is 88.7. The molecule has 22 nitrogen and oxygen atoms in total. The fraction of sp³-hybridized carbons (Fsp3) is 0.427. The molecule has 10 aromatic rings. The smallest absolute Gasteiger partial charge is 0.339 e. The minimum Gasteiger partial charge on any atom is -0.478 e. The molecule has 0 atom stereocenters. The summed E-state index contributed by atoms with van der Waals surface area (Å²) in [6.07, 6.45) is 2.53. The molecule has 0 radical (unpaired) electrons. The van der Waals surface area contributed by atoms with Crippen LogP contribution in [0.15, 0.2) is 159 Å². The van der Waals surface area contributed by atoms with Gasteiger partial charge in [-0.2, -0.15) is 0 Å². The second-order valence-corrected chi connectivity index (χ2v) is 32.9. The summed E-state index contributed by atoms with van der Waals surface area (Å²) in [6.45, 7) is 40.7. The van der Waals surface area contributed by atoms with Crippen molar-refractivity contribution in [1.29, 1.82) is 0 Å². The van der Waals surface area contributed by atoms with Crippen LogP contribution in [0.5, 0.6) is 0 Å². The normalized spacial score (nSPS) is 11.1. The molecule has 4 N–H and O–H groups in total. The number of aromatic carboxylic acids is 1. The van der Waals surface area contributed by atoms with E-state index >= 15 is 0 Å². The van der Waals surface area contributed by atoms with E-state index in [0.717, 1.165) is 118 Å². The van der Waals surface area contributed by atoms with Crippen molar-refractivity contribution < 1.29 is 90.8 Å². The van der Waals surface area contributed by atoms with Crippen molar-refractivity contribution in [2.45, 2.75) is 217 Å². The first-order valence-corrected chi connectivity index (χ1v) is 42.8. The molecule has 0 saturated heterocycles. The second kappa shape index (κ2) is 51.6. The molecule has 0 unspecified atom stereocenters. The standard InChI is InChI=1S/C28H35NO5.C24H27NO5.C16H24O4.C13H17BrO2.C12H12INO.C3H8O2/c1-19-10-7-12-22(16-19)26-29-24(21(3)33-26)18-32-15-9-14-31-17-23-13-8-11-20(2)25(23)27(30)34-28(4,5)6;1-16-7-4-9-19(13-16)23-25-21(18(3)30-23)15-29-12-6-11-28-14-20-10-5-8-17(2)22(20)24(26)27;1-12-7-5-8-13(11-19-10-6-9-17)14(12)15(18)20-16(2,3)4;1-9-6-5-7-10(8-14)11(9)12(15)16-13(2,3)4;1-8-4-3-5-10(6-8)12-14-11(7-13)9(2)15-12;4-2-1-3-5/h7-8,10-13,16H,9,14-15,17-18H2,1-6H3;4-5,7-10,13H,6,11-12,14-15H2,1-3H3,(H,26,27);5,7-8,17H,6,9-11H2,1-4H3;5-7H,8H2,1-4H3;3-6H,7H2,1-2H3;4-5H,1-3H2. The molecule has 10 rings (SSSR count). The molecule has 7 aromatic carbocycles. The van der Waals surface area contributed by atoms with Crippen LogP contribution in [0.25, 0.3) is 34.4 Å². The fourth-order valence-electron chi connectivity index (χ4n) is 11.6. The molecule has 3 heterocycles. The second-order valence-electron chi connectivity index (χ2n) is 31.5. The minimum atomic E-state index is -0.928. The molecular formula is C96H123BrIN3O19. The van der Waals surface area contributed by atoms with Gasteiger partial charge in [-0.15, -0.1) is 0 Å². The number of nitrogens with zero attached hydrogens (tertiary/aromatic N) is 3. The Labute approximate surface area is 730 Å². The predicted molar refractivity (Wildman–Crippen MR) is 480 cm³/mol. The minimum absolute atomic E-state index is 0.0938. The van der Waals surface area contributed by atoms with Gasteiger partial charge in [-0.25, -0.2) is 34.1 Å². The highest BCUT2D eigenvalue weighted by Gasteiger charge is 2.26. The molecule has 24 heteroatoms. The number of carboxylic acids is 1. The molecule has 0 saturated carbocycles. The molecule has 0 aliphatic carbocycles. The Bertz CT molecular complexity index is 4830. The van der Waals surface area contributed by atoms with E-state index in [1.54, 1.807) is 19.1 Å². The monoisotopic (exact) mass is 1830 g/mol. The number of aryl methyl sites for hydroxylation is 10. The number of aliphatic hydroxyl groups is 3. The van der Waals surface area contributed by atoms with Crippen molar-refractivity contribution in [3.8, 4) is 34.4 Å². The number of rotatable bonds is 32. The van der Waals surface area contributed by atoms with Gasteiger partial charge in [-0.3, -0.25) is 0 Å². The average molecular weight is 1830 g/mol.